The Bertz CT molecular complexity index is 1410. The number of ether oxygens (including phenoxy) is 2. The lowest BCUT2D eigenvalue weighted by atomic mass is 10.0. The molecule has 0 atom stereocenters. The predicted molar refractivity (Wildman–Crippen MR) is 135 cm³/mol. The first-order valence-electron chi connectivity index (χ1n) is 11.0. The van der Waals surface area contributed by atoms with Crippen LogP contribution in [0.1, 0.15) is 15.9 Å². The summed E-state index contributed by atoms with van der Waals surface area (Å²) >= 11 is 0. The van der Waals surface area contributed by atoms with Crippen molar-refractivity contribution in [3.8, 4) is 11.5 Å². The fourth-order valence-electron chi connectivity index (χ4n) is 3.74. The number of amides is 1. The number of nitrogens with one attached hydrogen (secondary N) is 3. The predicted octanol–water partition coefficient (Wildman–Crippen LogP) is 3.97. The minimum absolute atomic E-state index is 0.0254. The van der Waals surface area contributed by atoms with Crippen LogP contribution in [0.3, 0.4) is 0 Å². The van der Waals surface area contributed by atoms with Crippen molar-refractivity contribution in [3.05, 3.63) is 88.2 Å². The highest BCUT2D eigenvalue weighted by molar-refractivity contribution is 6.07. The molecule has 4 aromatic rings. The largest absolute Gasteiger partial charge is 0.493 e. The van der Waals surface area contributed by atoms with Crippen LogP contribution < -0.4 is 25.6 Å². The molecule has 0 saturated heterocycles. The molecule has 11 nitrogen and oxygen atoms in total. The van der Waals surface area contributed by atoms with E-state index in [9.17, 15) is 14.9 Å². The van der Waals surface area contributed by atoms with Crippen molar-refractivity contribution in [2.75, 3.05) is 31.5 Å². The van der Waals surface area contributed by atoms with Crippen LogP contribution in [0.2, 0.25) is 0 Å². The number of carbonyl (C=O) groups is 1. The zero-order valence-corrected chi connectivity index (χ0v) is 19.6. The number of carbonyl (C=O) groups excluding carboxylic acids is 1. The van der Waals surface area contributed by atoms with Crippen molar-refractivity contribution in [2.45, 2.75) is 6.42 Å². The molecule has 184 valence electrons. The molecule has 3 aromatic carbocycles. The maximum Gasteiger partial charge on any atom is 0.354 e. The SMILES string of the molecule is COc1ccc(CCNc2ncnc(NNC(=O)c3cccc4ccccc34)c2[N+](=O)[O-])cc1OC. The van der Waals surface area contributed by atoms with E-state index in [-0.39, 0.29) is 17.3 Å². The molecular formula is C25H24N6O5. The molecule has 0 bridgehead atoms. The second-order valence-corrected chi connectivity index (χ2v) is 7.65. The number of nitrogens with zero attached hydrogens (tertiary/aromatic N) is 3. The van der Waals surface area contributed by atoms with Crippen LogP contribution in [0.25, 0.3) is 10.8 Å². The first-order valence-corrected chi connectivity index (χ1v) is 11.0. The molecule has 3 N–H and O–H groups in total. The van der Waals surface area contributed by atoms with Gasteiger partial charge in [0.2, 0.25) is 11.6 Å². The molecule has 1 amide bonds. The normalized spacial score (nSPS) is 10.5. The molecule has 0 aliphatic carbocycles. The van der Waals surface area contributed by atoms with Gasteiger partial charge in [0.05, 0.1) is 19.1 Å². The Balaban J connectivity index is 1.46. The number of anilines is 2. The highest BCUT2D eigenvalue weighted by Gasteiger charge is 2.23. The Hall–Kier alpha value is -4.93. The summed E-state index contributed by atoms with van der Waals surface area (Å²) in [6.07, 6.45) is 1.72. The number of nitro groups is 1. The number of hydrazine groups is 1. The van der Waals surface area contributed by atoms with Gasteiger partial charge in [0.15, 0.2) is 11.5 Å². The number of hydrogen-bond donors (Lipinski definition) is 3. The van der Waals surface area contributed by atoms with E-state index >= 15 is 0 Å². The first-order chi connectivity index (χ1) is 17.5. The Kier molecular flexibility index (Phi) is 7.39. The number of methoxy groups -OCH3 is 2. The Morgan fingerprint density at radius 3 is 2.50 bits per heavy atom. The summed E-state index contributed by atoms with van der Waals surface area (Å²) in [5, 5.41) is 16.5. The molecule has 0 aliphatic rings. The Morgan fingerprint density at radius 1 is 0.972 bits per heavy atom. The van der Waals surface area contributed by atoms with Gasteiger partial charge in [-0.3, -0.25) is 25.8 Å². The third-order valence-corrected chi connectivity index (χ3v) is 5.49. The lowest BCUT2D eigenvalue weighted by Crippen LogP contribution is -2.30. The average molecular weight is 489 g/mol. The average Bonchev–Trinajstić information content (AvgIpc) is 2.91. The number of hydrogen-bond acceptors (Lipinski definition) is 9. The Morgan fingerprint density at radius 2 is 1.72 bits per heavy atom. The summed E-state index contributed by atoms with van der Waals surface area (Å²) in [5.74, 6) is 0.635. The van der Waals surface area contributed by atoms with Gasteiger partial charge in [-0.2, -0.15) is 0 Å². The fourth-order valence-corrected chi connectivity index (χ4v) is 3.74. The summed E-state index contributed by atoms with van der Waals surface area (Å²) in [6, 6.07) is 18.3. The van der Waals surface area contributed by atoms with Gasteiger partial charge in [-0.25, -0.2) is 9.97 Å². The van der Waals surface area contributed by atoms with Gasteiger partial charge in [-0.1, -0.05) is 42.5 Å². The number of benzene rings is 3. The van der Waals surface area contributed by atoms with Crippen molar-refractivity contribution in [2.24, 2.45) is 0 Å². The maximum atomic E-state index is 12.8. The van der Waals surface area contributed by atoms with Crippen LogP contribution in [0.15, 0.2) is 67.0 Å². The molecule has 0 unspecified atom stereocenters. The molecular weight excluding hydrogens is 464 g/mol. The third kappa shape index (κ3) is 5.25. The molecule has 4 rings (SSSR count). The van der Waals surface area contributed by atoms with Gasteiger partial charge in [0, 0.05) is 12.1 Å². The molecule has 11 heteroatoms. The molecule has 0 saturated carbocycles. The van der Waals surface area contributed by atoms with Crippen molar-refractivity contribution in [1.29, 1.82) is 0 Å². The monoisotopic (exact) mass is 488 g/mol. The van der Waals surface area contributed by atoms with Gasteiger partial charge in [0.25, 0.3) is 5.91 Å². The van der Waals surface area contributed by atoms with Gasteiger partial charge in [0.1, 0.15) is 6.33 Å². The zero-order valence-electron chi connectivity index (χ0n) is 19.6. The topological polar surface area (TPSA) is 141 Å². The first kappa shape index (κ1) is 24.2. The van der Waals surface area contributed by atoms with E-state index in [1.54, 1.807) is 32.4 Å². The molecule has 0 aliphatic heterocycles. The van der Waals surface area contributed by atoms with E-state index < -0.39 is 10.8 Å². The van der Waals surface area contributed by atoms with Gasteiger partial charge >= 0.3 is 5.69 Å². The standard InChI is InChI=1S/C25H24N6O5/c1-35-20-11-10-16(14-21(20)36-2)12-13-26-23-22(31(33)34)24(28-15-27-23)29-30-25(32)19-9-5-7-17-6-3-4-8-18(17)19/h3-11,14-15H,12-13H2,1-2H3,(H,30,32)(H2,26,27,28,29). The Labute approximate surface area is 206 Å². The summed E-state index contributed by atoms with van der Waals surface area (Å²) in [7, 11) is 3.11. The molecule has 0 radical (unpaired) electrons. The minimum Gasteiger partial charge on any atom is -0.493 e. The van der Waals surface area contributed by atoms with Gasteiger partial charge in [-0.15, -0.1) is 0 Å². The summed E-state index contributed by atoms with van der Waals surface area (Å²) in [5.41, 5.74) is 6.05. The number of fused-ring (bicyclic) bond motifs is 1. The van der Waals surface area contributed by atoms with E-state index in [0.717, 1.165) is 16.3 Å². The van der Waals surface area contributed by atoms with Gasteiger partial charge in [-0.05, 0) is 41.0 Å². The van der Waals surface area contributed by atoms with E-state index in [2.05, 4.69) is 26.1 Å². The fraction of sp³-hybridized carbons (Fsp3) is 0.160. The second kappa shape index (κ2) is 11.0. The van der Waals surface area contributed by atoms with Crippen molar-refractivity contribution in [1.82, 2.24) is 15.4 Å². The zero-order chi connectivity index (χ0) is 25.5. The van der Waals surface area contributed by atoms with Crippen LogP contribution in [-0.2, 0) is 6.42 Å². The molecule has 0 spiro atoms. The molecule has 36 heavy (non-hydrogen) atoms. The van der Waals surface area contributed by atoms with Crippen molar-refractivity contribution >= 4 is 34.0 Å². The molecule has 1 aromatic heterocycles. The number of rotatable bonds is 10. The molecule has 1 heterocycles. The van der Waals surface area contributed by atoms with Crippen LogP contribution in [0.4, 0.5) is 17.3 Å². The van der Waals surface area contributed by atoms with Crippen LogP contribution in [0, 0.1) is 10.1 Å². The molecule has 0 fully saturated rings. The van der Waals surface area contributed by atoms with Crippen molar-refractivity contribution < 1.29 is 19.2 Å². The smallest absolute Gasteiger partial charge is 0.354 e. The van der Waals surface area contributed by atoms with E-state index in [1.165, 1.54) is 6.33 Å². The summed E-state index contributed by atoms with van der Waals surface area (Å²) in [6.45, 7) is 0.356. The maximum absolute atomic E-state index is 12.8. The quantitative estimate of drug-likeness (QED) is 0.223. The summed E-state index contributed by atoms with van der Waals surface area (Å²) < 4.78 is 10.6. The summed E-state index contributed by atoms with van der Waals surface area (Å²) in [4.78, 5) is 32.0. The van der Waals surface area contributed by atoms with E-state index in [1.807, 2.05) is 42.5 Å². The van der Waals surface area contributed by atoms with E-state index in [4.69, 9.17) is 9.47 Å². The highest BCUT2D eigenvalue weighted by atomic mass is 16.6. The van der Waals surface area contributed by atoms with Crippen LogP contribution in [0.5, 0.6) is 11.5 Å². The second-order valence-electron chi connectivity index (χ2n) is 7.65. The minimum atomic E-state index is -0.606. The van der Waals surface area contributed by atoms with E-state index in [0.29, 0.717) is 30.0 Å². The van der Waals surface area contributed by atoms with Crippen molar-refractivity contribution in [3.63, 3.8) is 0 Å². The van der Waals surface area contributed by atoms with Gasteiger partial charge < -0.3 is 14.8 Å². The van der Waals surface area contributed by atoms with Crippen LogP contribution in [-0.4, -0.2) is 41.6 Å². The number of aromatic nitrogens is 2. The van der Waals surface area contributed by atoms with Crippen LogP contribution >= 0.6 is 0 Å². The lowest BCUT2D eigenvalue weighted by Gasteiger charge is -2.12. The lowest BCUT2D eigenvalue weighted by molar-refractivity contribution is -0.383. The highest BCUT2D eigenvalue weighted by Crippen LogP contribution is 2.30. The third-order valence-electron chi connectivity index (χ3n) is 5.49.